The van der Waals surface area contributed by atoms with Crippen molar-refractivity contribution in [2.24, 2.45) is 12.1 Å². The molecule has 1 aromatic carbocycles. The van der Waals surface area contributed by atoms with Gasteiger partial charge in [0.15, 0.2) is 5.65 Å². The molecule has 0 aliphatic heterocycles. The third kappa shape index (κ3) is 2.67. The van der Waals surface area contributed by atoms with Gasteiger partial charge < -0.3 is 0 Å². The van der Waals surface area contributed by atoms with Gasteiger partial charge in [0.1, 0.15) is 5.82 Å². The first-order valence-corrected chi connectivity index (χ1v) is 7.28. The maximum absolute atomic E-state index is 6.09. The highest BCUT2D eigenvalue weighted by Gasteiger charge is 2.10. The van der Waals surface area contributed by atoms with E-state index in [4.69, 9.17) is 11.6 Å². The Balaban J connectivity index is 1.89. The van der Waals surface area contributed by atoms with Crippen LogP contribution in [0.3, 0.4) is 0 Å². The standard InChI is InChI=1S/C16H16ClN5/c1-10-8-14(19-16-15(10)11(2)21-22(16)3)20-18-9-12-6-4-5-7-13(12)17/h4-9H,1-3H3,(H,19,20)/b18-9-. The minimum atomic E-state index is 0.662. The normalized spacial score (nSPS) is 11.5. The second kappa shape index (κ2) is 5.77. The van der Waals surface area contributed by atoms with E-state index in [0.29, 0.717) is 10.8 Å². The smallest absolute Gasteiger partial charge is 0.160 e. The molecule has 0 atom stereocenters. The van der Waals surface area contributed by atoms with Crippen molar-refractivity contribution in [3.63, 3.8) is 0 Å². The summed E-state index contributed by atoms with van der Waals surface area (Å²) in [7, 11) is 1.89. The van der Waals surface area contributed by atoms with Crippen LogP contribution in [0, 0.1) is 13.8 Å². The maximum atomic E-state index is 6.09. The van der Waals surface area contributed by atoms with Crippen molar-refractivity contribution in [2.75, 3.05) is 5.43 Å². The largest absolute Gasteiger partial charge is 0.261 e. The number of fused-ring (bicyclic) bond motifs is 1. The van der Waals surface area contributed by atoms with Crippen molar-refractivity contribution < 1.29 is 0 Å². The SMILES string of the molecule is Cc1cc(N/N=C\c2ccccc2Cl)nc2c1c(C)nn2C. The average molecular weight is 314 g/mol. The van der Waals surface area contributed by atoms with E-state index in [1.54, 1.807) is 10.9 Å². The lowest BCUT2D eigenvalue weighted by Gasteiger charge is -2.04. The third-order valence-electron chi connectivity index (χ3n) is 3.45. The van der Waals surface area contributed by atoms with Crippen LogP contribution >= 0.6 is 11.6 Å². The third-order valence-corrected chi connectivity index (χ3v) is 3.80. The maximum Gasteiger partial charge on any atom is 0.160 e. The fraction of sp³-hybridized carbons (Fsp3) is 0.188. The molecule has 3 rings (SSSR count). The molecule has 0 amide bonds. The van der Waals surface area contributed by atoms with Crippen molar-refractivity contribution in [3.8, 4) is 0 Å². The van der Waals surface area contributed by atoms with Gasteiger partial charge in [0.25, 0.3) is 0 Å². The second-order valence-corrected chi connectivity index (χ2v) is 5.53. The monoisotopic (exact) mass is 313 g/mol. The van der Waals surface area contributed by atoms with Crippen molar-refractivity contribution in [2.45, 2.75) is 13.8 Å². The second-order valence-electron chi connectivity index (χ2n) is 5.12. The van der Waals surface area contributed by atoms with Crippen LogP contribution in [0.4, 0.5) is 5.82 Å². The molecule has 0 spiro atoms. The summed E-state index contributed by atoms with van der Waals surface area (Å²) < 4.78 is 1.78. The van der Waals surface area contributed by atoms with Crippen molar-refractivity contribution >= 4 is 34.7 Å². The summed E-state index contributed by atoms with van der Waals surface area (Å²) >= 11 is 6.09. The molecule has 0 unspecified atom stereocenters. The molecule has 6 heteroatoms. The topological polar surface area (TPSA) is 55.1 Å². The molecule has 112 valence electrons. The first-order chi connectivity index (χ1) is 10.6. The van der Waals surface area contributed by atoms with Crippen molar-refractivity contribution in [1.29, 1.82) is 0 Å². The van der Waals surface area contributed by atoms with E-state index in [9.17, 15) is 0 Å². The minimum absolute atomic E-state index is 0.662. The Bertz CT molecular complexity index is 866. The van der Waals surface area contributed by atoms with Gasteiger partial charge in [0.05, 0.1) is 11.9 Å². The summed E-state index contributed by atoms with van der Waals surface area (Å²) in [5.74, 6) is 0.677. The van der Waals surface area contributed by atoms with Crippen molar-refractivity contribution in [3.05, 3.63) is 52.2 Å². The van der Waals surface area contributed by atoms with Gasteiger partial charge in [0.2, 0.25) is 0 Å². The number of benzene rings is 1. The molecule has 0 saturated heterocycles. The Morgan fingerprint density at radius 1 is 1.27 bits per heavy atom. The Morgan fingerprint density at radius 2 is 2.05 bits per heavy atom. The number of aromatic nitrogens is 3. The summed E-state index contributed by atoms with van der Waals surface area (Å²) in [6, 6.07) is 9.49. The fourth-order valence-corrected chi connectivity index (χ4v) is 2.65. The molecule has 0 saturated carbocycles. The molecule has 0 radical (unpaired) electrons. The zero-order valence-electron chi connectivity index (χ0n) is 12.6. The van der Waals surface area contributed by atoms with Crippen LogP contribution in [-0.2, 0) is 7.05 Å². The number of aryl methyl sites for hydroxylation is 3. The van der Waals surface area contributed by atoms with Gasteiger partial charge in [-0.2, -0.15) is 10.2 Å². The van der Waals surface area contributed by atoms with Crippen LogP contribution in [-0.4, -0.2) is 21.0 Å². The molecule has 0 aliphatic carbocycles. The van der Waals surface area contributed by atoms with Gasteiger partial charge in [-0.1, -0.05) is 29.8 Å². The molecular weight excluding hydrogens is 298 g/mol. The van der Waals surface area contributed by atoms with E-state index >= 15 is 0 Å². The number of hydrogen-bond acceptors (Lipinski definition) is 4. The number of nitrogens with one attached hydrogen (secondary N) is 1. The van der Waals surface area contributed by atoms with Gasteiger partial charge >= 0.3 is 0 Å². The number of anilines is 1. The number of halogens is 1. The van der Waals surface area contributed by atoms with Crippen LogP contribution in [0.15, 0.2) is 35.4 Å². The molecule has 0 bridgehead atoms. The number of pyridine rings is 1. The quantitative estimate of drug-likeness (QED) is 0.592. The number of rotatable bonds is 3. The van der Waals surface area contributed by atoms with Crippen LogP contribution < -0.4 is 5.43 Å². The van der Waals surface area contributed by atoms with Crippen LogP contribution in [0.25, 0.3) is 11.0 Å². The minimum Gasteiger partial charge on any atom is -0.261 e. The fourth-order valence-electron chi connectivity index (χ4n) is 2.46. The van der Waals surface area contributed by atoms with Gasteiger partial charge in [-0.3, -0.25) is 10.1 Å². The highest BCUT2D eigenvalue weighted by atomic mass is 35.5. The van der Waals surface area contributed by atoms with Crippen LogP contribution in [0.1, 0.15) is 16.8 Å². The summed E-state index contributed by atoms with van der Waals surface area (Å²) in [4.78, 5) is 4.55. The van der Waals surface area contributed by atoms with E-state index in [0.717, 1.165) is 27.9 Å². The summed E-state index contributed by atoms with van der Waals surface area (Å²) in [5.41, 5.74) is 6.74. The van der Waals surface area contributed by atoms with E-state index in [1.165, 1.54) is 0 Å². The molecular formula is C16H16ClN5. The van der Waals surface area contributed by atoms with Gasteiger partial charge in [-0.15, -0.1) is 0 Å². The van der Waals surface area contributed by atoms with E-state index < -0.39 is 0 Å². The molecule has 3 aromatic rings. The lowest BCUT2D eigenvalue weighted by atomic mass is 10.1. The first kappa shape index (κ1) is 14.5. The number of hydrogen-bond donors (Lipinski definition) is 1. The molecule has 2 heterocycles. The highest BCUT2D eigenvalue weighted by Crippen LogP contribution is 2.22. The van der Waals surface area contributed by atoms with Crippen LogP contribution in [0.2, 0.25) is 5.02 Å². The molecule has 2 aromatic heterocycles. The van der Waals surface area contributed by atoms with E-state index in [-0.39, 0.29) is 0 Å². The molecule has 0 fully saturated rings. The Labute approximate surface area is 133 Å². The van der Waals surface area contributed by atoms with Crippen LogP contribution in [0.5, 0.6) is 0 Å². The number of hydrazone groups is 1. The first-order valence-electron chi connectivity index (χ1n) is 6.91. The molecule has 0 aliphatic rings. The number of nitrogens with zero attached hydrogens (tertiary/aromatic N) is 4. The lowest BCUT2D eigenvalue weighted by molar-refractivity contribution is 0.774. The Morgan fingerprint density at radius 3 is 2.82 bits per heavy atom. The van der Waals surface area contributed by atoms with Gasteiger partial charge in [-0.25, -0.2) is 4.98 Å². The summed E-state index contributed by atoms with van der Waals surface area (Å²) in [5, 5.41) is 10.4. The predicted octanol–water partition coefficient (Wildman–Crippen LogP) is 3.68. The molecule has 22 heavy (non-hydrogen) atoms. The van der Waals surface area contributed by atoms with E-state index in [2.05, 4.69) is 20.6 Å². The van der Waals surface area contributed by atoms with E-state index in [1.807, 2.05) is 51.2 Å². The van der Waals surface area contributed by atoms with Crippen molar-refractivity contribution in [1.82, 2.24) is 14.8 Å². The summed E-state index contributed by atoms with van der Waals surface area (Å²) in [6.45, 7) is 4.03. The average Bonchev–Trinajstić information content (AvgIpc) is 2.76. The Hall–Kier alpha value is -2.40. The Kier molecular flexibility index (Phi) is 3.81. The molecule has 5 nitrogen and oxygen atoms in total. The summed E-state index contributed by atoms with van der Waals surface area (Å²) in [6.07, 6.45) is 1.68. The zero-order valence-corrected chi connectivity index (χ0v) is 13.4. The predicted molar refractivity (Wildman–Crippen MR) is 90.7 cm³/mol. The van der Waals surface area contributed by atoms with Gasteiger partial charge in [-0.05, 0) is 31.5 Å². The van der Waals surface area contributed by atoms with Gasteiger partial charge in [0, 0.05) is 23.0 Å². The lowest BCUT2D eigenvalue weighted by Crippen LogP contribution is -1.98. The zero-order chi connectivity index (χ0) is 15.7. The molecule has 1 N–H and O–H groups in total. The highest BCUT2D eigenvalue weighted by molar-refractivity contribution is 6.33.